The first-order valence-corrected chi connectivity index (χ1v) is 8.60. The Kier molecular flexibility index (Phi) is 27.2. The Morgan fingerprint density at radius 2 is 1.81 bits per heavy atom. The number of carbonyl (C=O) groups excluding carboxylic acids is 1. The van der Waals surface area contributed by atoms with E-state index in [1.165, 1.54) is 5.57 Å². The van der Waals surface area contributed by atoms with Gasteiger partial charge in [-0.2, -0.15) is 0 Å². The molecule has 0 aliphatic carbocycles. The van der Waals surface area contributed by atoms with Crippen LogP contribution in [0.3, 0.4) is 0 Å². The van der Waals surface area contributed by atoms with E-state index in [9.17, 15) is 4.79 Å². The van der Waals surface area contributed by atoms with E-state index in [1.54, 1.807) is 0 Å². The first-order chi connectivity index (χ1) is 12.6. The highest BCUT2D eigenvalue weighted by molar-refractivity contribution is 5.64. The molecule has 0 heterocycles. The van der Waals surface area contributed by atoms with Gasteiger partial charge in [0, 0.05) is 13.7 Å². The summed E-state index contributed by atoms with van der Waals surface area (Å²) in [7, 11) is 1.00. The Morgan fingerprint density at radius 1 is 1.23 bits per heavy atom. The molecule has 5 heteroatoms. The number of aliphatic hydroxyl groups is 2. The summed E-state index contributed by atoms with van der Waals surface area (Å²) in [6.07, 6.45) is 8.78. The molecule has 0 saturated heterocycles. The van der Waals surface area contributed by atoms with Crippen molar-refractivity contribution in [2.45, 2.75) is 40.2 Å². The monoisotopic (exact) mass is 365 g/mol. The van der Waals surface area contributed by atoms with Crippen LogP contribution in [0.5, 0.6) is 0 Å². The lowest BCUT2D eigenvalue weighted by atomic mass is 10.1. The van der Waals surface area contributed by atoms with Crippen molar-refractivity contribution in [3.05, 3.63) is 72.4 Å². The van der Waals surface area contributed by atoms with Gasteiger partial charge >= 0.3 is 6.09 Å². The molecule has 5 nitrogen and oxygen atoms in total. The van der Waals surface area contributed by atoms with Crippen LogP contribution in [0.25, 0.3) is 0 Å². The molecule has 0 aliphatic rings. The van der Waals surface area contributed by atoms with Crippen LogP contribution in [-0.4, -0.2) is 30.0 Å². The summed E-state index contributed by atoms with van der Waals surface area (Å²) in [5.41, 5.74) is 6.89. The zero-order valence-electron chi connectivity index (χ0n) is 16.5. The van der Waals surface area contributed by atoms with E-state index in [4.69, 9.17) is 15.9 Å². The molecule has 1 aromatic rings. The molecule has 0 unspecified atom stereocenters. The second-order valence-electron chi connectivity index (χ2n) is 4.39. The van der Waals surface area contributed by atoms with Gasteiger partial charge in [0.05, 0.1) is 0 Å². The largest absolute Gasteiger partial charge is 0.445 e. The standard InChI is InChI=1S/C10H16O.C8H9NO2.C2H6.CH4O/c1-3-5-7-10(4-2)8-6-9-11;9-8(10)11-6-7-4-2-1-3-5-7;2*1-2/h3-5,7,11H,2,6,8-9H2,1H3;1-5H,6H2,(H2,9,10);1-2H3;2H,1H3/b5-3-,10-7+;;;. The maximum absolute atomic E-state index is 10.2. The van der Waals surface area contributed by atoms with Crippen LogP contribution < -0.4 is 5.73 Å². The smallest absolute Gasteiger partial charge is 0.404 e. The van der Waals surface area contributed by atoms with Crippen molar-refractivity contribution in [3.8, 4) is 0 Å². The first kappa shape index (κ1) is 28.4. The van der Waals surface area contributed by atoms with Crippen LogP contribution >= 0.6 is 0 Å². The summed E-state index contributed by atoms with van der Waals surface area (Å²) in [5, 5.41) is 15.6. The Hall–Kier alpha value is -2.37. The topological polar surface area (TPSA) is 92.8 Å². The molecule has 0 atom stereocenters. The molecule has 0 aliphatic heterocycles. The van der Waals surface area contributed by atoms with Crippen LogP contribution in [0.4, 0.5) is 4.79 Å². The number of ether oxygens (including phenoxy) is 1. The van der Waals surface area contributed by atoms with E-state index in [0.29, 0.717) is 0 Å². The molecule has 0 bridgehead atoms. The molecular weight excluding hydrogens is 330 g/mol. The first-order valence-electron chi connectivity index (χ1n) is 8.60. The van der Waals surface area contributed by atoms with E-state index in [0.717, 1.165) is 25.5 Å². The zero-order chi connectivity index (χ0) is 20.6. The van der Waals surface area contributed by atoms with Crippen molar-refractivity contribution in [1.82, 2.24) is 0 Å². The normalized spacial score (nSPS) is 9.54. The molecule has 26 heavy (non-hydrogen) atoms. The second-order valence-corrected chi connectivity index (χ2v) is 4.39. The van der Waals surface area contributed by atoms with Gasteiger partial charge in [0.15, 0.2) is 0 Å². The fourth-order valence-electron chi connectivity index (χ4n) is 1.49. The lowest BCUT2D eigenvalue weighted by Gasteiger charge is -1.99. The molecule has 4 N–H and O–H groups in total. The molecule has 0 spiro atoms. The van der Waals surface area contributed by atoms with E-state index < -0.39 is 6.09 Å². The fraction of sp³-hybridized carbons (Fsp3) is 0.381. The average molecular weight is 366 g/mol. The number of amides is 1. The van der Waals surface area contributed by atoms with E-state index in [1.807, 2.05) is 75.4 Å². The lowest BCUT2D eigenvalue weighted by molar-refractivity contribution is 0.150. The summed E-state index contributed by atoms with van der Waals surface area (Å²) in [6.45, 7) is 10.2. The molecule has 148 valence electrons. The minimum atomic E-state index is -0.742. The number of benzene rings is 1. The van der Waals surface area contributed by atoms with Crippen LogP contribution in [0, 0.1) is 0 Å². The number of carbonyl (C=O) groups is 1. The van der Waals surface area contributed by atoms with Crippen LogP contribution in [0.15, 0.2) is 66.8 Å². The average Bonchev–Trinajstić information content (AvgIpc) is 2.71. The number of primary amides is 1. The van der Waals surface area contributed by atoms with Gasteiger partial charge in [-0.3, -0.25) is 0 Å². The Labute approximate surface area is 158 Å². The molecule has 0 radical (unpaired) electrons. The van der Waals surface area contributed by atoms with Crippen LogP contribution in [0.2, 0.25) is 0 Å². The molecule has 1 amide bonds. The van der Waals surface area contributed by atoms with Crippen LogP contribution in [-0.2, 0) is 11.3 Å². The summed E-state index contributed by atoms with van der Waals surface area (Å²) >= 11 is 0. The summed E-state index contributed by atoms with van der Waals surface area (Å²) < 4.78 is 4.57. The van der Waals surface area contributed by atoms with Crippen molar-refractivity contribution >= 4 is 6.09 Å². The van der Waals surface area contributed by atoms with Gasteiger partial charge < -0.3 is 20.7 Å². The highest BCUT2D eigenvalue weighted by atomic mass is 16.5. The van der Waals surface area contributed by atoms with E-state index >= 15 is 0 Å². The SMILES string of the molecule is C=C/C(=C\C=C/C)CCCO.CC.CO.NC(=O)OCc1ccccc1. The van der Waals surface area contributed by atoms with Crippen molar-refractivity contribution in [2.75, 3.05) is 13.7 Å². The predicted octanol–water partition coefficient (Wildman–Crippen LogP) is 4.36. The highest BCUT2D eigenvalue weighted by Crippen LogP contribution is 2.05. The minimum absolute atomic E-state index is 0.246. The van der Waals surface area contributed by atoms with Gasteiger partial charge in [-0.05, 0) is 30.9 Å². The summed E-state index contributed by atoms with van der Waals surface area (Å²) in [5.74, 6) is 0. The summed E-state index contributed by atoms with van der Waals surface area (Å²) in [6, 6.07) is 9.37. The number of nitrogens with two attached hydrogens (primary N) is 1. The Bertz CT molecular complexity index is 482. The Balaban J connectivity index is -0.000000341. The van der Waals surface area contributed by atoms with E-state index in [-0.39, 0.29) is 13.2 Å². The number of rotatable bonds is 7. The maximum Gasteiger partial charge on any atom is 0.404 e. The third-order valence-corrected chi connectivity index (χ3v) is 2.61. The number of allylic oxidation sites excluding steroid dienone is 5. The molecular formula is C21H35NO4. The van der Waals surface area contributed by atoms with Gasteiger partial charge in [0.2, 0.25) is 0 Å². The minimum Gasteiger partial charge on any atom is -0.445 e. The molecule has 1 aromatic carbocycles. The van der Waals surface area contributed by atoms with Gasteiger partial charge in [-0.1, -0.05) is 75.1 Å². The lowest BCUT2D eigenvalue weighted by Crippen LogP contribution is -2.12. The van der Waals surface area contributed by atoms with Crippen molar-refractivity contribution in [1.29, 1.82) is 0 Å². The summed E-state index contributed by atoms with van der Waals surface area (Å²) in [4.78, 5) is 10.2. The van der Waals surface area contributed by atoms with Gasteiger partial charge in [0.1, 0.15) is 6.61 Å². The number of hydrogen-bond acceptors (Lipinski definition) is 4. The fourth-order valence-corrected chi connectivity index (χ4v) is 1.49. The highest BCUT2D eigenvalue weighted by Gasteiger charge is 1.93. The number of aliphatic hydroxyl groups excluding tert-OH is 2. The van der Waals surface area contributed by atoms with Crippen molar-refractivity contribution in [3.63, 3.8) is 0 Å². The zero-order valence-corrected chi connectivity index (χ0v) is 16.5. The van der Waals surface area contributed by atoms with Gasteiger partial charge in [-0.25, -0.2) is 4.79 Å². The number of hydrogen-bond donors (Lipinski definition) is 3. The van der Waals surface area contributed by atoms with E-state index in [2.05, 4.69) is 11.3 Å². The van der Waals surface area contributed by atoms with Crippen LogP contribution in [0.1, 0.15) is 39.2 Å². The maximum atomic E-state index is 10.2. The third-order valence-electron chi connectivity index (χ3n) is 2.61. The Morgan fingerprint density at radius 3 is 2.23 bits per heavy atom. The molecule has 0 fully saturated rings. The predicted molar refractivity (Wildman–Crippen MR) is 110 cm³/mol. The van der Waals surface area contributed by atoms with Gasteiger partial charge in [-0.15, -0.1) is 0 Å². The quantitative estimate of drug-likeness (QED) is 0.626. The van der Waals surface area contributed by atoms with Gasteiger partial charge in [0.25, 0.3) is 0 Å². The second kappa shape index (κ2) is 24.9. The van der Waals surface area contributed by atoms with Crippen molar-refractivity contribution in [2.24, 2.45) is 5.73 Å². The van der Waals surface area contributed by atoms with Crippen molar-refractivity contribution < 1.29 is 19.7 Å². The molecule has 0 aromatic heterocycles. The third kappa shape index (κ3) is 21.6. The molecule has 1 rings (SSSR count). The molecule has 0 saturated carbocycles.